The molecule has 0 aliphatic rings. The molecule has 0 radical (unpaired) electrons. The van der Waals surface area contributed by atoms with Crippen molar-refractivity contribution < 1.29 is 9.53 Å². The van der Waals surface area contributed by atoms with Crippen LogP contribution in [-0.2, 0) is 4.79 Å². The third-order valence-electron chi connectivity index (χ3n) is 1.89. The number of aromatic nitrogens is 2. The maximum atomic E-state index is 11.1. The van der Waals surface area contributed by atoms with E-state index in [1.54, 1.807) is 19.2 Å². The predicted molar refractivity (Wildman–Crippen MR) is 51.9 cm³/mol. The number of ketones is 1. The quantitative estimate of drug-likeness (QED) is 0.669. The lowest BCUT2D eigenvalue weighted by atomic mass is 10.2. The molecular formula is C10H12N2O2. The van der Waals surface area contributed by atoms with Gasteiger partial charge in [0.15, 0.2) is 12.4 Å². The normalized spacial score (nSPS) is 11.8. The second kappa shape index (κ2) is 4.47. The Morgan fingerprint density at radius 1 is 1.86 bits per heavy atom. The Balaban J connectivity index is 2.82. The van der Waals surface area contributed by atoms with Crippen molar-refractivity contribution in [3.8, 4) is 18.2 Å². The van der Waals surface area contributed by atoms with Gasteiger partial charge in [-0.1, -0.05) is 5.92 Å². The van der Waals surface area contributed by atoms with Gasteiger partial charge in [-0.15, -0.1) is 6.42 Å². The average Bonchev–Trinajstić information content (AvgIpc) is 2.61. The topological polar surface area (TPSA) is 44.1 Å². The molecule has 4 heteroatoms. The van der Waals surface area contributed by atoms with Gasteiger partial charge in [0.25, 0.3) is 0 Å². The SMILES string of the molecule is C#CCOc1ccnn1C(C)C(C)=O. The number of terminal acetylenes is 1. The van der Waals surface area contributed by atoms with Gasteiger partial charge in [0.2, 0.25) is 5.88 Å². The largest absolute Gasteiger partial charge is 0.465 e. The van der Waals surface area contributed by atoms with E-state index in [2.05, 4.69) is 11.0 Å². The molecule has 0 bridgehead atoms. The number of carbonyl (C=O) groups is 1. The van der Waals surface area contributed by atoms with Gasteiger partial charge in [0.05, 0.1) is 6.20 Å². The minimum Gasteiger partial charge on any atom is -0.465 e. The van der Waals surface area contributed by atoms with Crippen LogP contribution in [0.3, 0.4) is 0 Å². The molecule has 1 heterocycles. The number of nitrogens with zero attached hydrogens (tertiary/aromatic N) is 2. The van der Waals surface area contributed by atoms with Crippen molar-refractivity contribution in [2.24, 2.45) is 0 Å². The smallest absolute Gasteiger partial charge is 0.213 e. The first kappa shape index (κ1) is 10.3. The molecule has 0 aliphatic carbocycles. The Kier molecular flexibility index (Phi) is 3.29. The zero-order chi connectivity index (χ0) is 10.6. The van der Waals surface area contributed by atoms with Crippen molar-refractivity contribution in [3.05, 3.63) is 12.3 Å². The molecule has 4 nitrogen and oxygen atoms in total. The number of hydrogen-bond acceptors (Lipinski definition) is 3. The fourth-order valence-corrected chi connectivity index (χ4v) is 0.995. The van der Waals surface area contributed by atoms with E-state index in [-0.39, 0.29) is 18.4 Å². The molecule has 1 atom stereocenters. The van der Waals surface area contributed by atoms with E-state index in [4.69, 9.17) is 11.2 Å². The molecule has 0 amide bonds. The van der Waals surface area contributed by atoms with Crippen LogP contribution < -0.4 is 4.74 Å². The zero-order valence-corrected chi connectivity index (χ0v) is 8.23. The first-order valence-corrected chi connectivity index (χ1v) is 4.27. The lowest BCUT2D eigenvalue weighted by molar-refractivity contribution is -0.120. The molecule has 1 aromatic heterocycles. The molecule has 1 unspecified atom stereocenters. The third kappa shape index (κ3) is 2.13. The summed E-state index contributed by atoms with van der Waals surface area (Å²) in [7, 11) is 0. The molecule has 0 saturated heterocycles. The highest BCUT2D eigenvalue weighted by atomic mass is 16.5. The van der Waals surface area contributed by atoms with Crippen LogP contribution in [0.25, 0.3) is 0 Å². The molecular weight excluding hydrogens is 180 g/mol. The van der Waals surface area contributed by atoms with Gasteiger partial charge in [-0.3, -0.25) is 4.79 Å². The molecule has 0 spiro atoms. The summed E-state index contributed by atoms with van der Waals surface area (Å²) in [5.74, 6) is 2.90. The molecule has 0 aliphatic heterocycles. The molecule has 0 saturated carbocycles. The summed E-state index contributed by atoms with van der Waals surface area (Å²) in [4.78, 5) is 11.1. The average molecular weight is 192 g/mol. The van der Waals surface area contributed by atoms with E-state index >= 15 is 0 Å². The molecule has 74 valence electrons. The van der Waals surface area contributed by atoms with E-state index in [0.717, 1.165) is 0 Å². The summed E-state index contributed by atoms with van der Waals surface area (Å²) < 4.78 is 6.72. The van der Waals surface area contributed by atoms with Crippen molar-refractivity contribution in [2.75, 3.05) is 6.61 Å². The Bertz CT molecular complexity index is 362. The maximum Gasteiger partial charge on any atom is 0.213 e. The van der Waals surface area contributed by atoms with Crippen LogP contribution in [0.2, 0.25) is 0 Å². The summed E-state index contributed by atoms with van der Waals surface area (Å²) in [5, 5.41) is 3.99. The third-order valence-corrected chi connectivity index (χ3v) is 1.89. The standard InChI is InChI=1S/C10H12N2O2/c1-4-7-14-10-5-6-11-12(10)8(2)9(3)13/h1,5-6,8H,7H2,2-3H3. The number of ether oxygens (including phenoxy) is 1. The Morgan fingerprint density at radius 3 is 3.14 bits per heavy atom. The van der Waals surface area contributed by atoms with Gasteiger partial charge < -0.3 is 4.74 Å². The van der Waals surface area contributed by atoms with Crippen molar-refractivity contribution in [1.29, 1.82) is 0 Å². The lowest BCUT2D eigenvalue weighted by Gasteiger charge is -2.11. The highest BCUT2D eigenvalue weighted by Crippen LogP contribution is 2.16. The van der Waals surface area contributed by atoms with Crippen LogP contribution in [-0.4, -0.2) is 22.2 Å². The molecule has 0 aromatic carbocycles. The second-order valence-electron chi connectivity index (χ2n) is 2.89. The number of Topliss-reactive ketones (excluding diaryl/α,β-unsaturated/α-hetero) is 1. The van der Waals surface area contributed by atoms with Gasteiger partial charge in [-0.05, 0) is 13.8 Å². The van der Waals surface area contributed by atoms with Crippen molar-refractivity contribution in [2.45, 2.75) is 19.9 Å². The van der Waals surface area contributed by atoms with Crippen molar-refractivity contribution in [3.63, 3.8) is 0 Å². The summed E-state index contributed by atoms with van der Waals surface area (Å²) in [6.45, 7) is 3.45. The van der Waals surface area contributed by atoms with E-state index in [1.807, 2.05) is 0 Å². The Hall–Kier alpha value is -1.76. The van der Waals surface area contributed by atoms with Crippen molar-refractivity contribution in [1.82, 2.24) is 9.78 Å². The van der Waals surface area contributed by atoms with Crippen molar-refractivity contribution >= 4 is 5.78 Å². The van der Waals surface area contributed by atoms with Crippen LogP contribution in [0.4, 0.5) is 0 Å². The van der Waals surface area contributed by atoms with Crippen LogP contribution in [0.5, 0.6) is 5.88 Å². The van der Waals surface area contributed by atoms with Crippen LogP contribution in [0.1, 0.15) is 19.9 Å². The van der Waals surface area contributed by atoms with E-state index in [1.165, 1.54) is 11.6 Å². The highest BCUT2D eigenvalue weighted by molar-refractivity contribution is 5.79. The molecule has 1 rings (SSSR count). The molecule has 0 N–H and O–H groups in total. The Labute approximate surface area is 82.9 Å². The van der Waals surface area contributed by atoms with Gasteiger partial charge >= 0.3 is 0 Å². The maximum absolute atomic E-state index is 11.1. The summed E-state index contributed by atoms with van der Waals surface area (Å²) in [5.41, 5.74) is 0. The van der Waals surface area contributed by atoms with Gasteiger partial charge in [-0.25, -0.2) is 4.68 Å². The zero-order valence-electron chi connectivity index (χ0n) is 8.23. The minimum atomic E-state index is -0.322. The molecule has 14 heavy (non-hydrogen) atoms. The summed E-state index contributed by atoms with van der Waals surface area (Å²) in [6.07, 6.45) is 6.63. The fourth-order valence-electron chi connectivity index (χ4n) is 0.995. The van der Waals surface area contributed by atoms with Crippen LogP contribution >= 0.6 is 0 Å². The highest BCUT2D eigenvalue weighted by Gasteiger charge is 2.14. The minimum absolute atomic E-state index is 0.0271. The van der Waals surface area contributed by atoms with Gasteiger partial charge in [0, 0.05) is 6.07 Å². The summed E-state index contributed by atoms with van der Waals surface area (Å²) >= 11 is 0. The fraction of sp³-hybridized carbons (Fsp3) is 0.400. The first-order chi connectivity index (χ1) is 6.66. The van der Waals surface area contributed by atoms with E-state index < -0.39 is 0 Å². The van der Waals surface area contributed by atoms with Crippen LogP contribution in [0, 0.1) is 12.3 Å². The van der Waals surface area contributed by atoms with Gasteiger partial charge in [0.1, 0.15) is 6.04 Å². The second-order valence-corrected chi connectivity index (χ2v) is 2.89. The predicted octanol–water partition coefficient (Wildman–Crippen LogP) is 1.05. The molecule has 0 fully saturated rings. The van der Waals surface area contributed by atoms with Crippen LogP contribution in [0.15, 0.2) is 12.3 Å². The lowest BCUT2D eigenvalue weighted by Crippen LogP contribution is -2.16. The summed E-state index contributed by atoms with van der Waals surface area (Å²) in [6, 6.07) is 1.36. The van der Waals surface area contributed by atoms with E-state index in [0.29, 0.717) is 5.88 Å². The Morgan fingerprint density at radius 2 is 2.57 bits per heavy atom. The number of carbonyl (C=O) groups excluding carboxylic acids is 1. The number of rotatable bonds is 4. The first-order valence-electron chi connectivity index (χ1n) is 4.27. The monoisotopic (exact) mass is 192 g/mol. The van der Waals surface area contributed by atoms with Gasteiger partial charge in [-0.2, -0.15) is 5.10 Å². The number of hydrogen-bond donors (Lipinski definition) is 0. The van der Waals surface area contributed by atoms with E-state index in [9.17, 15) is 4.79 Å². The molecule has 1 aromatic rings.